The molecule has 0 saturated carbocycles. The Balaban J connectivity index is 1.81. The van der Waals surface area contributed by atoms with Crippen molar-refractivity contribution in [1.29, 1.82) is 0 Å². The van der Waals surface area contributed by atoms with E-state index in [9.17, 15) is 4.39 Å². The van der Waals surface area contributed by atoms with Gasteiger partial charge in [0.2, 0.25) is 0 Å². The second-order valence-corrected chi connectivity index (χ2v) is 7.27. The van der Waals surface area contributed by atoms with Crippen LogP contribution in [-0.4, -0.2) is 0 Å². The van der Waals surface area contributed by atoms with Gasteiger partial charge in [-0.25, -0.2) is 4.39 Å². The molecule has 3 aromatic rings. The number of hydrogen-bond acceptors (Lipinski definition) is 0. The summed E-state index contributed by atoms with van der Waals surface area (Å²) in [4.78, 5) is 0.0620. The van der Waals surface area contributed by atoms with Crippen molar-refractivity contribution >= 4 is 31.9 Å². The van der Waals surface area contributed by atoms with Gasteiger partial charge in [-0.1, -0.05) is 92.5 Å². The Kier molecular flexibility index (Phi) is 5.85. The molecule has 0 heterocycles. The predicted octanol–water partition coefficient (Wildman–Crippen LogP) is 6.80. The topological polar surface area (TPSA) is 0 Å². The summed E-state index contributed by atoms with van der Waals surface area (Å²) in [6.07, 6.45) is 0.901. The molecular weight excluding hydrogens is 431 g/mol. The van der Waals surface area contributed by atoms with Crippen molar-refractivity contribution in [3.63, 3.8) is 0 Å². The van der Waals surface area contributed by atoms with Gasteiger partial charge in [-0.15, -0.1) is 0 Å². The lowest BCUT2D eigenvalue weighted by atomic mass is 9.98. The van der Waals surface area contributed by atoms with E-state index in [-0.39, 0.29) is 10.6 Å². The van der Waals surface area contributed by atoms with Crippen LogP contribution >= 0.6 is 31.9 Å². The summed E-state index contributed by atoms with van der Waals surface area (Å²) in [7, 11) is 0. The number of hydrogen-bond donors (Lipinski definition) is 0. The standard InChI is InChI=1S/C21H17Br2F/c22-14-17-5-1-3-15(12-17)11-16-4-2-6-19(13-16)21(23)18-7-9-20(24)10-8-18/h1-10,12-13,21H,11,14H2. The molecule has 0 saturated heterocycles. The molecule has 24 heavy (non-hydrogen) atoms. The molecular formula is C21H17Br2F. The normalized spacial score (nSPS) is 12.1. The van der Waals surface area contributed by atoms with Crippen LogP contribution in [0.1, 0.15) is 32.6 Å². The van der Waals surface area contributed by atoms with Crippen molar-refractivity contribution in [2.45, 2.75) is 16.6 Å². The van der Waals surface area contributed by atoms with Gasteiger partial charge < -0.3 is 0 Å². The van der Waals surface area contributed by atoms with E-state index in [4.69, 9.17) is 0 Å². The van der Waals surface area contributed by atoms with Crippen LogP contribution in [0.5, 0.6) is 0 Å². The first-order chi connectivity index (χ1) is 11.7. The van der Waals surface area contributed by atoms with E-state index >= 15 is 0 Å². The number of rotatable bonds is 5. The minimum Gasteiger partial charge on any atom is -0.207 e. The minimum absolute atomic E-state index is 0.0620. The van der Waals surface area contributed by atoms with Crippen molar-refractivity contribution < 1.29 is 4.39 Å². The molecule has 3 heteroatoms. The predicted molar refractivity (Wildman–Crippen MR) is 105 cm³/mol. The molecule has 3 rings (SSSR count). The minimum atomic E-state index is -0.209. The molecule has 1 unspecified atom stereocenters. The van der Waals surface area contributed by atoms with Gasteiger partial charge in [-0.05, 0) is 46.4 Å². The van der Waals surface area contributed by atoms with Gasteiger partial charge in [0.25, 0.3) is 0 Å². The highest BCUT2D eigenvalue weighted by Crippen LogP contribution is 2.31. The Hall–Kier alpha value is -1.45. The fraction of sp³-hybridized carbons (Fsp3) is 0.143. The third-order valence-electron chi connectivity index (χ3n) is 3.96. The highest BCUT2D eigenvalue weighted by atomic mass is 79.9. The molecule has 122 valence electrons. The van der Waals surface area contributed by atoms with Gasteiger partial charge in [-0.3, -0.25) is 0 Å². The molecule has 3 aromatic carbocycles. The first-order valence-corrected chi connectivity index (χ1v) is 9.81. The summed E-state index contributed by atoms with van der Waals surface area (Å²) < 4.78 is 13.1. The fourth-order valence-corrected chi connectivity index (χ4v) is 3.68. The third kappa shape index (κ3) is 4.34. The molecule has 0 N–H and O–H groups in total. The summed E-state index contributed by atoms with van der Waals surface area (Å²) in [6, 6.07) is 23.8. The third-order valence-corrected chi connectivity index (χ3v) is 5.67. The summed E-state index contributed by atoms with van der Waals surface area (Å²) in [5.74, 6) is -0.209. The van der Waals surface area contributed by atoms with Gasteiger partial charge in [0.15, 0.2) is 0 Å². The number of alkyl halides is 2. The second-order valence-electron chi connectivity index (χ2n) is 5.79. The van der Waals surface area contributed by atoms with E-state index in [0.717, 1.165) is 17.3 Å². The van der Waals surface area contributed by atoms with E-state index in [1.54, 1.807) is 0 Å². The van der Waals surface area contributed by atoms with E-state index in [1.807, 2.05) is 12.1 Å². The van der Waals surface area contributed by atoms with Gasteiger partial charge in [-0.2, -0.15) is 0 Å². The smallest absolute Gasteiger partial charge is 0.123 e. The van der Waals surface area contributed by atoms with E-state index in [0.29, 0.717) is 0 Å². The monoisotopic (exact) mass is 446 g/mol. The summed E-state index contributed by atoms with van der Waals surface area (Å²) in [6.45, 7) is 0. The largest absolute Gasteiger partial charge is 0.207 e. The number of benzene rings is 3. The lowest BCUT2D eigenvalue weighted by molar-refractivity contribution is 0.627. The zero-order chi connectivity index (χ0) is 16.9. The van der Waals surface area contributed by atoms with Crippen LogP contribution in [-0.2, 0) is 11.8 Å². The van der Waals surface area contributed by atoms with Crippen LogP contribution in [0.25, 0.3) is 0 Å². The molecule has 0 spiro atoms. The maximum atomic E-state index is 13.1. The zero-order valence-corrected chi connectivity index (χ0v) is 16.2. The van der Waals surface area contributed by atoms with Gasteiger partial charge >= 0.3 is 0 Å². The highest BCUT2D eigenvalue weighted by Gasteiger charge is 2.11. The molecule has 1 atom stereocenters. The van der Waals surface area contributed by atoms with Crippen molar-refractivity contribution in [3.05, 3.63) is 106 Å². The first-order valence-electron chi connectivity index (χ1n) is 7.78. The Bertz CT molecular complexity index is 812. The first kappa shape index (κ1) is 17.4. The van der Waals surface area contributed by atoms with Crippen molar-refractivity contribution in [2.75, 3.05) is 0 Å². The molecule has 0 fully saturated rings. The van der Waals surface area contributed by atoms with Crippen molar-refractivity contribution in [1.82, 2.24) is 0 Å². The summed E-state index contributed by atoms with van der Waals surface area (Å²) in [5, 5.41) is 0.870. The molecule has 0 aliphatic carbocycles. The van der Waals surface area contributed by atoms with Crippen molar-refractivity contribution in [3.8, 4) is 0 Å². The molecule has 0 amide bonds. The van der Waals surface area contributed by atoms with Crippen LogP contribution in [0.4, 0.5) is 4.39 Å². The summed E-state index contributed by atoms with van der Waals surface area (Å²) >= 11 is 7.24. The van der Waals surface area contributed by atoms with Crippen molar-refractivity contribution in [2.24, 2.45) is 0 Å². The van der Waals surface area contributed by atoms with E-state index in [1.165, 1.54) is 34.4 Å². The van der Waals surface area contributed by atoms with E-state index < -0.39 is 0 Å². The quantitative estimate of drug-likeness (QED) is 0.377. The molecule has 0 aliphatic rings. The second kappa shape index (κ2) is 8.09. The van der Waals surface area contributed by atoms with Crippen LogP contribution in [0.15, 0.2) is 72.8 Å². The van der Waals surface area contributed by atoms with Gasteiger partial charge in [0.05, 0.1) is 4.83 Å². The average molecular weight is 448 g/mol. The lowest BCUT2D eigenvalue weighted by Crippen LogP contribution is -1.96. The fourth-order valence-electron chi connectivity index (χ4n) is 2.74. The Morgan fingerprint density at radius 3 is 2.08 bits per heavy atom. The Labute approximate surface area is 159 Å². The van der Waals surface area contributed by atoms with Crippen LogP contribution in [0, 0.1) is 5.82 Å². The zero-order valence-electron chi connectivity index (χ0n) is 13.1. The molecule has 0 aliphatic heterocycles. The van der Waals surface area contributed by atoms with E-state index in [2.05, 4.69) is 80.4 Å². The van der Waals surface area contributed by atoms with Crippen LogP contribution < -0.4 is 0 Å². The molecule has 0 aromatic heterocycles. The maximum Gasteiger partial charge on any atom is 0.123 e. The molecule has 0 bridgehead atoms. The van der Waals surface area contributed by atoms with Gasteiger partial charge in [0, 0.05) is 5.33 Å². The highest BCUT2D eigenvalue weighted by molar-refractivity contribution is 9.09. The average Bonchev–Trinajstić information content (AvgIpc) is 2.62. The Morgan fingerprint density at radius 1 is 0.750 bits per heavy atom. The van der Waals surface area contributed by atoms with Crippen LogP contribution in [0.2, 0.25) is 0 Å². The van der Waals surface area contributed by atoms with Crippen LogP contribution in [0.3, 0.4) is 0 Å². The Morgan fingerprint density at radius 2 is 1.38 bits per heavy atom. The maximum absolute atomic E-state index is 13.1. The molecule has 0 radical (unpaired) electrons. The summed E-state index contributed by atoms with van der Waals surface area (Å²) in [5.41, 5.74) is 6.08. The molecule has 0 nitrogen and oxygen atoms in total. The SMILES string of the molecule is Fc1ccc(C(Br)c2cccc(Cc3cccc(CBr)c3)c2)cc1. The van der Waals surface area contributed by atoms with Gasteiger partial charge in [0.1, 0.15) is 5.82 Å². The lowest BCUT2D eigenvalue weighted by Gasteiger charge is -2.13. The number of halogens is 3.